The Hall–Kier alpha value is -1.30. The molecule has 2 fully saturated rings. The molecule has 2 aliphatic heterocycles. The summed E-state index contributed by atoms with van der Waals surface area (Å²) < 4.78 is 11.2. The molecule has 2 atom stereocenters. The van der Waals surface area contributed by atoms with Crippen molar-refractivity contribution in [1.82, 2.24) is 10.6 Å². The number of rotatable bonds is 5. The van der Waals surface area contributed by atoms with E-state index in [1.165, 1.54) is 0 Å². The first-order valence-corrected chi connectivity index (χ1v) is 7.67. The molecule has 0 aromatic heterocycles. The van der Waals surface area contributed by atoms with Crippen LogP contribution < -0.4 is 15.4 Å². The average Bonchev–Trinajstić information content (AvgIpc) is 3.19. The topological polar surface area (TPSA) is 59.6 Å². The average molecular weight is 327 g/mol. The van der Waals surface area contributed by atoms with Crippen LogP contribution >= 0.6 is 12.4 Å². The Morgan fingerprint density at radius 3 is 2.77 bits per heavy atom. The van der Waals surface area contributed by atoms with E-state index in [2.05, 4.69) is 10.6 Å². The second-order valence-corrected chi connectivity index (χ2v) is 5.63. The maximum absolute atomic E-state index is 12.1. The minimum Gasteiger partial charge on any atom is -0.491 e. The van der Waals surface area contributed by atoms with Crippen molar-refractivity contribution in [2.45, 2.75) is 31.4 Å². The minimum absolute atomic E-state index is 0. The zero-order valence-corrected chi connectivity index (χ0v) is 13.4. The molecular formula is C16H23ClN2O3. The molecule has 0 spiro atoms. The largest absolute Gasteiger partial charge is 0.491 e. The Labute approximate surface area is 137 Å². The zero-order chi connectivity index (χ0) is 14.5. The summed E-state index contributed by atoms with van der Waals surface area (Å²) in [5.74, 6) is 0.763. The highest BCUT2D eigenvalue weighted by Crippen LogP contribution is 2.16. The Bertz CT molecular complexity index is 469. The maximum Gasteiger partial charge on any atom is 0.251 e. The van der Waals surface area contributed by atoms with E-state index in [-0.39, 0.29) is 30.5 Å². The van der Waals surface area contributed by atoms with E-state index in [4.69, 9.17) is 9.47 Å². The van der Waals surface area contributed by atoms with Crippen LogP contribution in [0.1, 0.15) is 29.6 Å². The number of amides is 1. The highest BCUT2D eigenvalue weighted by atomic mass is 35.5. The number of benzene rings is 1. The number of nitrogens with one attached hydrogen (secondary N) is 2. The molecule has 0 bridgehead atoms. The van der Waals surface area contributed by atoms with E-state index in [1.807, 2.05) is 24.3 Å². The summed E-state index contributed by atoms with van der Waals surface area (Å²) in [5.41, 5.74) is 0.673. The van der Waals surface area contributed by atoms with Gasteiger partial charge in [0.25, 0.3) is 5.91 Å². The van der Waals surface area contributed by atoms with Gasteiger partial charge in [0.2, 0.25) is 0 Å². The van der Waals surface area contributed by atoms with Crippen LogP contribution in [-0.2, 0) is 4.74 Å². The molecule has 1 aromatic carbocycles. The Balaban J connectivity index is 0.00000176. The van der Waals surface area contributed by atoms with Gasteiger partial charge in [-0.1, -0.05) is 0 Å². The fourth-order valence-electron chi connectivity index (χ4n) is 2.71. The zero-order valence-electron chi connectivity index (χ0n) is 12.5. The summed E-state index contributed by atoms with van der Waals surface area (Å²) >= 11 is 0. The van der Waals surface area contributed by atoms with Gasteiger partial charge in [-0.05, 0) is 50.1 Å². The normalized spacial score (nSPS) is 23.8. The van der Waals surface area contributed by atoms with E-state index < -0.39 is 0 Å². The van der Waals surface area contributed by atoms with Crippen molar-refractivity contribution in [3.63, 3.8) is 0 Å². The Morgan fingerprint density at radius 2 is 2.14 bits per heavy atom. The van der Waals surface area contributed by atoms with Gasteiger partial charge >= 0.3 is 0 Å². The molecule has 1 aromatic rings. The summed E-state index contributed by atoms with van der Waals surface area (Å²) in [7, 11) is 0. The second kappa shape index (κ2) is 8.36. The first-order chi connectivity index (χ1) is 10.3. The third-order valence-electron chi connectivity index (χ3n) is 3.97. The molecule has 22 heavy (non-hydrogen) atoms. The van der Waals surface area contributed by atoms with Gasteiger partial charge in [0.05, 0.1) is 6.10 Å². The fourth-order valence-corrected chi connectivity index (χ4v) is 2.71. The molecule has 3 rings (SSSR count). The smallest absolute Gasteiger partial charge is 0.251 e. The van der Waals surface area contributed by atoms with E-state index in [1.54, 1.807) is 0 Å². The molecule has 2 heterocycles. The quantitative estimate of drug-likeness (QED) is 0.865. The summed E-state index contributed by atoms with van der Waals surface area (Å²) in [4.78, 5) is 12.1. The summed E-state index contributed by atoms with van der Waals surface area (Å²) in [6.45, 7) is 3.25. The Kier molecular flexibility index (Phi) is 6.49. The van der Waals surface area contributed by atoms with Crippen LogP contribution in [-0.4, -0.2) is 44.4 Å². The van der Waals surface area contributed by atoms with Crippen molar-refractivity contribution in [3.05, 3.63) is 29.8 Å². The van der Waals surface area contributed by atoms with Crippen molar-refractivity contribution in [2.24, 2.45) is 0 Å². The first kappa shape index (κ1) is 17.1. The van der Waals surface area contributed by atoms with Crippen LogP contribution in [0.3, 0.4) is 0 Å². The number of carbonyl (C=O) groups excluding carboxylic acids is 1. The molecule has 0 radical (unpaired) electrons. The number of ether oxygens (including phenoxy) is 2. The highest BCUT2D eigenvalue weighted by Gasteiger charge is 2.18. The number of carbonyl (C=O) groups is 1. The van der Waals surface area contributed by atoms with Crippen molar-refractivity contribution < 1.29 is 14.3 Å². The van der Waals surface area contributed by atoms with Crippen molar-refractivity contribution >= 4 is 18.3 Å². The molecule has 0 saturated carbocycles. The van der Waals surface area contributed by atoms with E-state index in [9.17, 15) is 4.79 Å². The molecule has 2 N–H and O–H groups in total. The number of hydrogen-bond donors (Lipinski definition) is 2. The molecule has 5 nitrogen and oxygen atoms in total. The van der Waals surface area contributed by atoms with Crippen LogP contribution in [0.25, 0.3) is 0 Å². The van der Waals surface area contributed by atoms with Gasteiger partial charge in [-0.3, -0.25) is 4.79 Å². The SMILES string of the molecule is Cl.O=C(NC1CCNC1)c1ccc(OCC2CCCO2)cc1. The lowest BCUT2D eigenvalue weighted by Crippen LogP contribution is -2.36. The first-order valence-electron chi connectivity index (χ1n) is 7.67. The Morgan fingerprint density at radius 1 is 1.32 bits per heavy atom. The third kappa shape index (κ3) is 4.60. The minimum atomic E-state index is -0.0191. The number of halogens is 1. The van der Waals surface area contributed by atoms with Crippen LogP contribution in [0.15, 0.2) is 24.3 Å². The standard InChI is InChI=1S/C16H22N2O3.ClH/c19-16(18-13-7-8-17-10-13)12-3-5-14(6-4-12)21-11-15-2-1-9-20-15;/h3-6,13,15,17H,1-2,7-11H2,(H,18,19);1H. The molecule has 0 aliphatic carbocycles. The van der Waals surface area contributed by atoms with Crippen LogP contribution in [0.5, 0.6) is 5.75 Å². The van der Waals surface area contributed by atoms with Gasteiger partial charge in [0.1, 0.15) is 12.4 Å². The highest BCUT2D eigenvalue weighted by molar-refractivity contribution is 5.94. The molecule has 6 heteroatoms. The summed E-state index contributed by atoms with van der Waals surface area (Å²) in [5, 5.41) is 6.26. The van der Waals surface area contributed by atoms with Crippen LogP contribution in [0.2, 0.25) is 0 Å². The van der Waals surface area contributed by atoms with Crippen molar-refractivity contribution in [1.29, 1.82) is 0 Å². The van der Waals surface area contributed by atoms with Gasteiger partial charge in [-0.2, -0.15) is 0 Å². The molecule has 2 saturated heterocycles. The lowest BCUT2D eigenvalue weighted by molar-refractivity contribution is 0.0679. The fraction of sp³-hybridized carbons (Fsp3) is 0.562. The summed E-state index contributed by atoms with van der Waals surface area (Å²) in [6, 6.07) is 7.55. The maximum atomic E-state index is 12.1. The molecule has 1 amide bonds. The predicted molar refractivity (Wildman–Crippen MR) is 86.9 cm³/mol. The molecular weight excluding hydrogens is 304 g/mol. The summed E-state index contributed by atoms with van der Waals surface area (Å²) in [6.07, 6.45) is 3.38. The van der Waals surface area contributed by atoms with Crippen LogP contribution in [0, 0.1) is 0 Å². The van der Waals surface area contributed by atoms with Crippen molar-refractivity contribution in [3.8, 4) is 5.75 Å². The lowest BCUT2D eigenvalue weighted by Gasteiger charge is -2.13. The van der Waals surface area contributed by atoms with Gasteiger partial charge in [-0.15, -0.1) is 12.4 Å². The van der Waals surface area contributed by atoms with E-state index in [0.717, 1.165) is 44.7 Å². The lowest BCUT2D eigenvalue weighted by atomic mass is 10.2. The third-order valence-corrected chi connectivity index (χ3v) is 3.97. The number of hydrogen-bond acceptors (Lipinski definition) is 4. The van der Waals surface area contributed by atoms with Gasteiger partial charge in [0, 0.05) is 24.8 Å². The monoisotopic (exact) mass is 326 g/mol. The van der Waals surface area contributed by atoms with Crippen LogP contribution in [0.4, 0.5) is 0 Å². The van der Waals surface area contributed by atoms with E-state index >= 15 is 0 Å². The molecule has 2 unspecified atom stereocenters. The predicted octanol–water partition coefficient (Wildman–Crippen LogP) is 1.76. The molecule has 2 aliphatic rings. The van der Waals surface area contributed by atoms with Gasteiger partial charge < -0.3 is 20.1 Å². The van der Waals surface area contributed by atoms with Crippen molar-refractivity contribution in [2.75, 3.05) is 26.3 Å². The van der Waals surface area contributed by atoms with Gasteiger partial charge in [0.15, 0.2) is 0 Å². The van der Waals surface area contributed by atoms with Gasteiger partial charge in [-0.25, -0.2) is 0 Å². The molecule has 122 valence electrons. The second-order valence-electron chi connectivity index (χ2n) is 5.63. The van der Waals surface area contributed by atoms with E-state index in [0.29, 0.717) is 12.2 Å².